The van der Waals surface area contributed by atoms with Gasteiger partial charge in [0.1, 0.15) is 5.69 Å². The third-order valence-corrected chi connectivity index (χ3v) is 5.44. The van der Waals surface area contributed by atoms with E-state index in [1.807, 2.05) is 17.0 Å². The lowest BCUT2D eigenvalue weighted by Crippen LogP contribution is -2.48. The first-order valence-electron chi connectivity index (χ1n) is 9.60. The normalized spacial score (nSPS) is 19.0. The van der Waals surface area contributed by atoms with E-state index >= 15 is 0 Å². The standard InChI is InChI=1S/C20H23N5O3.ClH/c26-20(24-11-8-22-14-19(24)16-4-3-7-21-13-16)15-5-6-17(18(12-15)25(27)28)23-9-1-2-10-23;/h3-7,12-13,19,22H,1-2,8-11,14H2;1H. The lowest BCUT2D eigenvalue weighted by Gasteiger charge is -2.36. The second-order valence-corrected chi connectivity index (χ2v) is 7.16. The third-order valence-electron chi connectivity index (χ3n) is 5.44. The number of pyridine rings is 1. The number of anilines is 1. The molecule has 0 aliphatic carbocycles. The van der Waals surface area contributed by atoms with Crippen LogP contribution in [-0.4, -0.2) is 53.4 Å². The van der Waals surface area contributed by atoms with E-state index in [1.54, 1.807) is 29.4 Å². The number of amides is 1. The van der Waals surface area contributed by atoms with Crippen molar-refractivity contribution in [3.63, 3.8) is 0 Å². The molecule has 1 aromatic heterocycles. The smallest absolute Gasteiger partial charge is 0.293 e. The summed E-state index contributed by atoms with van der Waals surface area (Å²) in [7, 11) is 0. The van der Waals surface area contributed by atoms with Gasteiger partial charge in [-0.1, -0.05) is 6.07 Å². The van der Waals surface area contributed by atoms with Gasteiger partial charge in [-0.2, -0.15) is 0 Å². The highest BCUT2D eigenvalue weighted by atomic mass is 35.5. The van der Waals surface area contributed by atoms with Crippen LogP contribution in [0.5, 0.6) is 0 Å². The van der Waals surface area contributed by atoms with Gasteiger partial charge in [0, 0.05) is 56.7 Å². The third kappa shape index (κ3) is 4.33. The van der Waals surface area contributed by atoms with Crippen molar-refractivity contribution >= 4 is 29.7 Å². The largest absolute Gasteiger partial charge is 0.366 e. The highest BCUT2D eigenvalue weighted by molar-refractivity contribution is 5.96. The highest BCUT2D eigenvalue weighted by Crippen LogP contribution is 2.33. The van der Waals surface area contributed by atoms with Crippen LogP contribution in [0.25, 0.3) is 0 Å². The summed E-state index contributed by atoms with van der Waals surface area (Å²) < 4.78 is 0. The van der Waals surface area contributed by atoms with Crippen molar-refractivity contribution in [2.75, 3.05) is 37.6 Å². The summed E-state index contributed by atoms with van der Waals surface area (Å²) in [5, 5.41) is 15.0. The van der Waals surface area contributed by atoms with Crippen LogP contribution in [0.3, 0.4) is 0 Å². The van der Waals surface area contributed by atoms with E-state index in [1.165, 1.54) is 6.07 Å². The van der Waals surface area contributed by atoms with Crippen molar-refractivity contribution in [2.45, 2.75) is 18.9 Å². The molecule has 1 aromatic carbocycles. The molecule has 29 heavy (non-hydrogen) atoms. The predicted octanol–water partition coefficient (Wildman–Crippen LogP) is 2.80. The lowest BCUT2D eigenvalue weighted by atomic mass is 10.0. The van der Waals surface area contributed by atoms with Crippen molar-refractivity contribution in [1.82, 2.24) is 15.2 Å². The number of nitro groups is 1. The van der Waals surface area contributed by atoms with Gasteiger partial charge in [-0.05, 0) is 36.6 Å². The fourth-order valence-electron chi connectivity index (χ4n) is 4.01. The van der Waals surface area contributed by atoms with Gasteiger partial charge in [0.25, 0.3) is 11.6 Å². The molecule has 2 aliphatic rings. The minimum atomic E-state index is -0.388. The van der Waals surface area contributed by atoms with Crippen LogP contribution in [0.15, 0.2) is 42.7 Å². The molecule has 8 nitrogen and oxygen atoms in total. The average molecular weight is 418 g/mol. The molecule has 2 aromatic rings. The number of carbonyl (C=O) groups is 1. The molecule has 1 N–H and O–H groups in total. The van der Waals surface area contributed by atoms with Crippen LogP contribution in [0, 0.1) is 10.1 Å². The van der Waals surface area contributed by atoms with Gasteiger partial charge in [0.05, 0.1) is 11.0 Å². The zero-order valence-electron chi connectivity index (χ0n) is 16.0. The number of hydrogen-bond acceptors (Lipinski definition) is 6. The maximum Gasteiger partial charge on any atom is 0.293 e. The van der Waals surface area contributed by atoms with Gasteiger partial charge in [-0.15, -0.1) is 12.4 Å². The van der Waals surface area contributed by atoms with E-state index in [2.05, 4.69) is 10.3 Å². The number of halogens is 1. The molecule has 0 bridgehead atoms. The van der Waals surface area contributed by atoms with Crippen molar-refractivity contribution in [2.24, 2.45) is 0 Å². The maximum atomic E-state index is 13.2. The number of piperazine rings is 1. The monoisotopic (exact) mass is 417 g/mol. The van der Waals surface area contributed by atoms with Gasteiger partial charge >= 0.3 is 0 Å². The van der Waals surface area contributed by atoms with Crippen LogP contribution >= 0.6 is 12.4 Å². The molecule has 9 heteroatoms. The van der Waals surface area contributed by atoms with Gasteiger partial charge in [0.15, 0.2) is 0 Å². The molecule has 1 amide bonds. The molecule has 2 saturated heterocycles. The Bertz CT molecular complexity index is 874. The van der Waals surface area contributed by atoms with E-state index in [-0.39, 0.29) is 35.0 Å². The topological polar surface area (TPSA) is 91.6 Å². The SMILES string of the molecule is Cl.O=C(c1ccc(N2CCCC2)c([N+](=O)[O-])c1)N1CCNCC1c1cccnc1. The minimum Gasteiger partial charge on any atom is -0.366 e. The number of nitro benzene ring substituents is 1. The fourth-order valence-corrected chi connectivity index (χ4v) is 4.01. The first-order valence-corrected chi connectivity index (χ1v) is 9.60. The summed E-state index contributed by atoms with van der Waals surface area (Å²) in [5.41, 5.74) is 1.90. The number of aromatic nitrogens is 1. The number of carbonyl (C=O) groups excluding carboxylic acids is 1. The van der Waals surface area contributed by atoms with E-state index in [4.69, 9.17) is 0 Å². The number of nitrogens with one attached hydrogen (secondary N) is 1. The molecular weight excluding hydrogens is 394 g/mol. The van der Waals surface area contributed by atoms with E-state index in [9.17, 15) is 14.9 Å². The molecule has 1 atom stereocenters. The zero-order chi connectivity index (χ0) is 19.5. The van der Waals surface area contributed by atoms with E-state index in [0.29, 0.717) is 30.9 Å². The molecule has 0 spiro atoms. The van der Waals surface area contributed by atoms with Crippen LogP contribution in [0.2, 0.25) is 0 Å². The van der Waals surface area contributed by atoms with Crippen LogP contribution in [-0.2, 0) is 0 Å². The van der Waals surface area contributed by atoms with Gasteiger partial charge < -0.3 is 15.1 Å². The number of benzene rings is 1. The Labute approximate surface area is 175 Å². The lowest BCUT2D eigenvalue weighted by molar-refractivity contribution is -0.384. The van der Waals surface area contributed by atoms with Crippen molar-refractivity contribution in [3.8, 4) is 0 Å². The second kappa shape index (κ2) is 9.19. The first-order chi connectivity index (χ1) is 13.6. The second-order valence-electron chi connectivity index (χ2n) is 7.16. The predicted molar refractivity (Wildman–Crippen MR) is 113 cm³/mol. The summed E-state index contributed by atoms with van der Waals surface area (Å²) in [5.74, 6) is -0.188. The molecule has 0 saturated carbocycles. The van der Waals surface area contributed by atoms with Gasteiger partial charge in [-0.3, -0.25) is 19.9 Å². The Kier molecular flexibility index (Phi) is 6.66. The summed E-state index contributed by atoms with van der Waals surface area (Å²) in [6, 6.07) is 8.51. The van der Waals surface area contributed by atoms with Crippen molar-refractivity contribution < 1.29 is 9.72 Å². The fraction of sp³-hybridized carbons (Fsp3) is 0.400. The van der Waals surface area contributed by atoms with Gasteiger partial charge in [0.2, 0.25) is 0 Å². The summed E-state index contributed by atoms with van der Waals surface area (Å²) >= 11 is 0. The van der Waals surface area contributed by atoms with Crippen molar-refractivity contribution in [1.29, 1.82) is 0 Å². The molecule has 2 fully saturated rings. The molecule has 4 rings (SSSR count). The van der Waals surface area contributed by atoms with E-state index < -0.39 is 0 Å². The zero-order valence-corrected chi connectivity index (χ0v) is 16.8. The van der Waals surface area contributed by atoms with Crippen LogP contribution < -0.4 is 10.2 Å². The quantitative estimate of drug-likeness (QED) is 0.607. The number of rotatable bonds is 4. The Balaban J connectivity index is 0.00000240. The Morgan fingerprint density at radius 2 is 2.00 bits per heavy atom. The van der Waals surface area contributed by atoms with Crippen molar-refractivity contribution in [3.05, 3.63) is 64.0 Å². The summed E-state index contributed by atoms with van der Waals surface area (Å²) in [6.45, 7) is 3.49. The Morgan fingerprint density at radius 3 is 2.69 bits per heavy atom. The molecule has 2 aliphatic heterocycles. The molecular formula is C20H24ClN5O3. The molecule has 1 unspecified atom stereocenters. The maximum absolute atomic E-state index is 13.2. The number of nitrogens with zero attached hydrogens (tertiary/aromatic N) is 4. The number of hydrogen-bond donors (Lipinski definition) is 1. The minimum absolute atomic E-state index is 0. The average Bonchev–Trinajstić information content (AvgIpc) is 3.28. The Morgan fingerprint density at radius 1 is 1.21 bits per heavy atom. The van der Waals surface area contributed by atoms with Crippen LogP contribution in [0.1, 0.15) is 34.8 Å². The highest BCUT2D eigenvalue weighted by Gasteiger charge is 2.31. The molecule has 154 valence electrons. The molecule has 0 radical (unpaired) electrons. The summed E-state index contributed by atoms with van der Waals surface area (Å²) in [6.07, 6.45) is 5.53. The molecule has 3 heterocycles. The van der Waals surface area contributed by atoms with E-state index in [0.717, 1.165) is 31.5 Å². The van der Waals surface area contributed by atoms with Gasteiger partial charge in [-0.25, -0.2) is 0 Å². The van der Waals surface area contributed by atoms with Crippen LogP contribution in [0.4, 0.5) is 11.4 Å². The Hall–Kier alpha value is -2.71. The summed E-state index contributed by atoms with van der Waals surface area (Å²) in [4.78, 5) is 32.5. The first kappa shape index (κ1) is 21.0.